The van der Waals surface area contributed by atoms with E-state index in [2.05, 4.69) is 50.5 Å². The number of rotatable bonds is 5. The SMILES string of the molecule is CCC(C)(NC1=C(NC)CCC=C1)C(C)C. The minimum absolute atomic E-state index is 0.180. The summed E-state index contributed by atoms with van der Waals surface area (Å²) >= 11 is 0. The van der Waals surface area contributed by atoms with Crippen LogP contribution in [-0.4, -0.2) is 12.6 Å². The van der Waals surface area contributed by atoms with Crippen LogP contribution in [0.15, 0.2) is 23.5 Å². The Morgan fingerprint density at radius 1 is 1.44 bits per heavy atom. The lowest BCUT2D eigenvalue weighted by Gasteiger charge is -2.36. The molecule has 0 aliphatic heterocycles. The van der Waals surface area contributed by atoms with E-state index in [9.17, 15) is 0 Å². The monoisotopic (exact) mass is 222 g/mol. The van der Waals surface area contributed by atoms with Gasteiger partial charge in [-0.15, -0.1) is 0 Å². The molecule has 0 radical (unpaired) electrons. The van der Waals surface area contributed by atoms with Gasteiger partial charge in [0.2, 0.25) is 0 Å². The first-order valence-corrected chi connectivity index (χ1v) is 6.39. The molecule has 1 aliphatic rings. The zero-order valence-corrected chi connectivity index (χ0v) is 11.4. The van der Waals surface area contributed by atoms with Crippen molar-refractivity contribution in [2.45, 2.75) is 52.5 Å². The molecule has 2 N–H and O–H groups in total. The van der Waals surface area contributed by atoms with Crippen LogP contribution in [0.4, 0.5) is 0 Å². The van der Waals surface area contributed by atoms with E-state index in [-0.39, 0.29) is 5.54 Å². The highest BCUT2D eigenvalue weighted by atomic mass is 15.0. The number of nitrogens with one attached hydrogen (secondary N) is 2. The van der Waals surface area contributed by atoms with Crippen molar-refractivity contribution in [2.75, 3.05) is 7.05 Å². The molecule has 2 heteroatoms. The Bertz CT molecular complexity index is 289. The third kappa shape index (κ3) is 2.81. The van der Waals surface area contributed by atoms with Gasteiger partial charge in [0, 0.05) is 18.3 Å². The van der Waals surface area contributed by atoms with Gasteiger partial charge in [-0.1, -0.05) is 26.8 Å². The number of hydrogen-bond acceptors (Lipinski definition) is 2. The van der Waals surface area contributed by atoms with Gasteiger partial charge < -0.3 is 10.6 Å². The number of hydrogen-bond donors (Lipinski definition) is 2. The Morgan fingerprint density at radius 3 is 2.62 bits per heavy atom. The van der Waals surface area contributed by atoms with Crippen LogP contribution in [-0.2, 0) is 0 Å². The summed E-state index contributed by atoms with van der Waals surface area (Å²) in [6.07, 6.45) is 7.86. The second-order valence-corrected chi connectivity index (χ2v) is 5.13. The van der Waals surface area contributed by atoms with Gasteiger partial charge in [0.05, 0.1) is 5.70 Å². The molecular formula is C14H26N2. The van der Waals surface area contributed by atoms with Crippen LogP contribution in [0.5, 0.6) is 0 Å². The molecule has 92 valence electrons. The largest absolute Gasteiger partial charge is 0.390 e. The maximum Gasteiger partial charge on any atom is 0.0534 e. The highest BCUT2D eigenvalue weighted by Crippen LogP contribution is 2.24. The second-order valence-electron chi connectivity index (χ2n) is 5.13. The molecule has 16 heavy (non-hydrogen) atoms. The summed E-state index contributed by atoms with van der Waals surface area (Å²) in [6, 6.07) is 0. The normalized spacial score (nSPS) is 19.9. The average molecular weight is 222 g/mol. The lowest BCUT2D eigenvalue weighted by Crippen LogP contribution is -2.46. The van der Waals surface area contributed by atoms with Gasteiger partial charge in [-0.05, 0) is 38.2 Å². The van der Waals surface area contributed by atoms with Crippen LogP contribution in [0.1, 0.15) is 47.0 Å². The lowest BCUT2D eigenvalue weighted by atomic mass is 9.85. The summed E-state index contributed by atoms with van der Waals surface area (Å²) in [5, 5.41) is 7.02. The highest BCUT2D eigenvalue weighted by Gasteiger charge is 2.27. The smallest absolute Gasteiger partial charge is 0.0534 e. The van der Waals surface area contributed by atoms with Crippen molar-refractivity contribution in [2.24, 2.45) is 5.92 Å². The minimum Gasteiger partial charge on any atom is -0.390 e. The van der Waals surface area contributed by atoms with Crippen molar-refractivity contribution in [3.63, 3.8) is 0 Å². The zero-order chi connectivity index (χ0) is 12.2. The summed E-state index contributed by atoms with van der Waals surface area (Å²) in [5.74, 6) is 0.624. The van der Waals surface area contributed by atoms with Crippen molar-refractivity contribution in [3.8, 4) is 0 Å². The minimum atomic E-state index is 0.180. The lowest BCUT2D eigenvalue weighted by molar-refractivity contribution is 0.274. The summed E-state index contributed by atoms with van der Waals surface area (Å²) in [7, 11) is 2.01. The number of allylic oxidation sites excluding steroid dienone is 3. The molecule has 0 saturated carbocycles. The fourth-order valence-corrected chi connectivity index (χ4v) is 1.99. The molecule has 0 heterocycles. The topological polar surface area (TPSA) is 24.1 Å². The molecule has 0 saturated heterocycles. The first-order chi connectivity index (χ1) is 7.53. The van der Waals surface area contributed by atoms with Crippen LogP contribution in [0.2, 0.25) is 0 Å². The molecule has 0 aromatic rings. The Balaban J connectivity index is 2.85. The first-order valence-electron chi connectivity index (χ1n) is 6.39. The fourth-order valence-electron chi connectivity index (χ4n) is 1.99. The molecule has 1 atom stereocenters. The van der Waals surface area contributed by atoms with Gasteiger partial charge in [-0.2, -0.15) is 0 Å². The van der Waals surface area contributed by atoms with Crippen molar-refractivity contribution in [1.82, 2.24) is 10.6 Å². The average Bonchev–Trinajstić information content (AvgIpc) is 2.29. The van der Waals surface area contributed by atoms with Gasteiger partial charge in [-0.25, -0.2) is 0 Å². The van der Waals surface area contributed by atoms with Crippen molar-refractivity contribution in [3.05, 3.63) is 23.5 Å². The van der Waals surface area contributed by atoms with Gasteiger partial charge in [0.25, 0.3) is 0 Å². The van der Waals surface area contributed by atoms with E-state index in [0.717, 1.165) is 19.3 Å². The van der Waals surface area contributed by atoms with E-state index in [1.807, 2.05) is 7.05 Å². The van der Waals surface area contributed by atoms with E-state index in [1.54, 1.807) is 0 Å². The molecule has 0 fully saturated rings. The van der Waals surface area contributed by atoms with Gasteiger partial charge in [-0.3, -0.25) is 0 Å². The van der Waals surface area contributed by atoms with Crippen LogP contribution < -0.4 is 10.6 Å². The molecule has 0 aromatic heterocycles. The van der Waals surface area contributed by atoms with Crippen molar-refractivity contribution in [1.29, 1.82) is 0 Å². The quantitative estimate of drug-likeness (QED) is 0.746. The summed E-state index contributed by atoms with van der Waals surface area (Å²) in [5.41, 5.74) is 2.79. The molecule has 0 aromatic carbocycles. The highest BCUT2D eigenvalue weighted by molar-refractivity contribution is 5.28. The molecule has 1 unspecified atom stereocenters. The second kappa shape index (κ2) is 5.42. The third-order valence-corrected chi connectivity index (χ3v) is 3.90. The Labute approximate surface area is 100 Å². The summed E-state index contributed by atoms with van der Waals surface area (Å²) < 4.78 is 0. The van der Waals surface area contributed by atoms with Crippen LogP contribution in [0.25, 0.3) is 0 Å². The van der Waals surface area contributed by atoms with Crippen molar-refractivity contribution < 1.29 is 0 Å². The zero-order valence-electron chi connectivity index (χ0n) is 11.4. The van der Waals surface area contributed by atoms with E-state index < -0.39 is 0 Å². The van der Waals surface area contributed by atoms with Crippen LogP contribution in [0, 0.1) is 5.92 Å². The molecule has 0 amide bonds. The molecule has 0 bridgehead atoms. The Morgan fingerprint density at radius 2 is 2.12 bits per heavy atom. The maximum absolute atomic E-state index is 3.71. The first kappa shape index (κ1) is 13.1. The van der Waals surface area contributed by atoms with Gasteiger partial charge in [0.15, 0.2) is 0 Å². The standard InChI is InChI=1S/C14H26N2/c1-6-14(4,11(2)3)16-13-10-8-7-9-12(13)15-5/h8,10-11,15-16H,6-7,9H2,1-5H3. The van der Waals surface area contributed by atoms with Gasteiger partial charge >= 0.3 is 0 Å². The van der Waals surface area contributed by atoms with Crippen LogP contribution in [0.3, 0.4) is 0 Å². The van der Waals surface area contributed by atoms with Crippen molar-refractivity contribution >= 4 is 0 Å². The van der Waals surface area contributed by atoms with E-state index >= 15 is 0 Å². The van der Waals surface area contributed by atoms with E-state index in [1.165, 1.54) is 11.4 Å². The van der Waals surface area contributed by atoms with E-state index in [4.69, 9.17) is 0 Å². The fraction of sp³-hybridized carbons (Fsp3) is 0.714. The Hall–Kier alpha value is -0.920. The van der Waals surface area contributed by atoms with Crippen LogP contribution >= 0.6 is 0 Å². The predicted molar refractivity (Wildman–Crippen MR) is 71.1 cm³/mol. The van der Waals surface area contributed by atoms with E-state index in [0.29, 0.717) is 5.92 Å². The molecule has 1 rings (SSSR count). The Kier molecular flexibility index (Phi) is 4.45. The molecule has 0 spiro atoms. The van der Waals surface area contributed by atoms with Gasteiger partial charge in [0.1, 0.15) is 0 Å². The maximum atomic E-state index is 3.71. The molecule has 1 aliphatic carbocycles. The molecule has 2 nitrogen and oxygen atoms in total. The summed E-state index contributed by atoms with van der Waals surface area (Å²) in [6.45, 7) is 9.12. The summed E-state index contributed by atoms with van der Waals surface area (Å²) in [4.78, 5) is 0. The third-order valence-electron chi connectivity index (χ3n) is 3.90. The molecular weight excluding hydrogens is 196 g/mol. The predicted octanol–water partition coefficient (Wildman–Crippen LogP) is 3.18.